The van der Waals surface area contributed by atoms with Crippen molar-refractivity contribution in [1.29, 1.82) is 0 Å². The van der Waals surface area contributed by atoms with Gasteiger partial charge in [0.25, 0.3) is 5.91 Å². The van der Waals surface area contributed by atoms with Crippen molar-refractivity contribution in [2.75, 3.05) is 13.7 Å². The van der Waals surface area contributed by atoms with E-state index in [2.05, 4.69) is 5.32 Å². The molecule has 2 rings (SSSR count). The molecule has 24 heavy (non-hydrogen) atoms. The quantitative estimate of drug-likeness (QED) is 0.824. The molecule has 0 unspecified atom stereocenters. The second-order valence-corrected chi connectivity index (χ2v) is 4.82. The van der Waals surface area contributed by atoms with Crippen molar-refractivity contribution < 1.29 is 27.8 Å². The Balaban J connectivity index is 1.85. The number of ether oxygens (including phenoxy) is 2. The van der Waals surface area contributed by atoms with Gasteiger partial charge in [0.2, 0.25) is 0 Å². The van der Waals surface area contributed by atoms with Crippen molar-refractivity contribution in [2.24, 2.45) is 0 Å². The highest BCUT2D eigenvalue weighted by Gasteiger charge is 2.13. The SMILES string of the molecule is COc1ccccc1CNC(=O)COC(=O)c1cc(F)cc(F)c1. The summed E-state index contributed by atoms with van der Waals surface area (Å²) in [7, 11) is 1.51. The molecular weight excluding hydrogens is 320 g/mol. The fraction of sp³-hybridized carbons (Fsp3) is 0.176. The molecule has 0 aliphatic heterocycles. The Morgan fingerprint density at radius 2 is 1.75 bits per heavy atom. The second-order valence-electron chi connectivity index (χ2n) is 4.82. The molecule has 126 valence electrons. The first kappa shape index (κ1) is 17.4. The maximum absolute atomic E-state index is 13.0. The van der Waals surface area contributed by atoms with Crippen LogP contribution in [0.15, 0.2) is 42.5 Å². The van der Waals surface area contributed by atoms with Gasteiger partial charge in [-0.1, -0.05) is 18.2 Å². The lowest BCUT2D eigenvalue weighted by Crippen LogP contribution is -2.28. The molecule has 0 atom stereocenters. The summed E-state index contributed by atoms with van der Waals surface area (Å²) in [5, 5.41) is 2.56. The number of benzene rings is 2. The van der Waals surface area contributed by atoms with Crippen LogP contribution in [0.2, 0.25) is 0 Å². The van der Waals surface area contributed by atoms with E-state index in [9.17, 15) is 18.4 Å². The maximum atomic E-state index is 13.0. The molecule has 0 aromatic heterocycles. The minimum absolute atomic E-state index is 0.189. The summed E-state index contributed by atoms with van der Waals surface area (Å²) in [5.41, 5.74) is 0.455. The van der Waals surface area contributed by atoms with E-state index in [4.69, 9.17) is 9.47 Å². The molecule has 0 radical (unpaired) electrons. The molecule has 0 bridgehead atoms. The van der Waals surface area contributed by atoms with Crippen LogP contribution in [-0.2, 0) is 16.1 Å². The van der Waals surface area contributed by atoms with Crippen molar-refractivity contribution in [2.45, 2.75) is 6.54 Å². The summed E-state index contributed by atoms with van der Waals surface area (Å²) < 4.78 is 35.9. The predicted molar refractivity (Wildman–Crippen MR) is 81.5 cm³/mol. The normalized spacial score (nSPS) is 10.1. The van der Waals surface area contributed by atoms with Crippen LogP contribution in [0.25, 0.3) is 0 Å². The number of esters is 1. The summed E-state index contributed by atoms with van der Waals surface area (Å²) >= 11 is 0. The van der Waals surface area contributed by atoms with Gasteiger partial charge in [-0.3, -0.25) is 4.79 Å². The van der Waals surface area contributed by atoms with Crippen LogP contribution >= 0.6 is 0 Å². The first-order chi connectivity index (χ1) is 11.5. The van der Waals surface area contributed by atoms with Crippen LogP contribution < -0.4 is 10.1 Å². The van der Waals surface area contributed by atoms with Crippen LogP contribution in [-0.4, -0.2) is 25.6 Å². The number of carbonyl (C=O) groups excluding carboxylic acids is 2. The lowest BCUT2D eigenvalue weighted by Gasteiger charge is -2.10. The second kappa shape index (κ2) is 8.05. The number of methoxy groups -OCH3 is 1. The van der Waals surface area contributed by atoms with Crippen molar-refractivity contribution in [3.63, 3.8) is 0 Å². The van der Waals surface area contributed by atoms with Gasteiger partial charge >= 0.3 is 5.97 Å². The number of para-hydroxylation sites is 1. The number of amides is 1. The topological polar surface area (TPSA) is 64.6 Å². The fourth-order valence-electron chi connectivity index (χ4n) is 1.98. The first-order valence-electron chi connectivity index (χ1n) is 7.01. The Labute approximate surface area is 137 Å². The van der Waals surface area contributed by atoms with Gasteiger partial charge in [0.05, 0.1) is 12.7 Å². The minimum Gasteiger partial charge on any atom is -0.496 e. The van der Waals surface area contributed by atoms with Crippen molar-refractivity contribution in [3.8, 4) is 5.75 Å². The van der Waals surface area contributed by atoms with E-state index < -0.39 is 30.1 Å². The zero-order valence-electron chi connectivity index (χ0n) is 12.8. The Bertz CT molecular complexity index is 729. The molecule has 1 N–H and O–H groups in total. The third-order valence-electron chi connectivity index (χ3n) is 3.10. The highest BCUT2D eigenvalue weighted by Crippen LogP contribution is 2.16. The minimum atomic E-state index is -0.985. The van der Waals surface area contributed by atoms with E-state index >= 15 is 0 Å². The average Bonchev–Trinajstić information content (AvgIpc) is 2.57. The summed E-state index contributed by atoms with van der Waals surface area (Å²) in [6.07, 6.45) is 0. The van der Waals surface area contributed by atoms with Gasteiger partial charge in [0.1, 0.15) is 17.4 Å². The predicted octanol–water partition coefficient (Wildman–Crippen LogP) is 2.45. The van der Waals surface area contributed by atoms with Crippen molar-refractivity contribution in [3.05, 3.63) is 65.2 Å². The van der Waals surface area contributed by atoms with Crippen molar-refractivity contribution >= 4 is 11.9 Å². The largest absolute Gasteiger partial charge is 0.496 e. The molecule has 0 saturated heterocycles. The molecule has 0 aliphatic rings. The Kier molecular flexibility index (Phi) is 5.83. The number of carbonyl (C=O) groups is 2. The lowest BCUT2D eigenvalue weighted by atomic mass is 10.2. The first-order valence-corrected chi connectivity index (χ1v) is 7.01. The van der Waals surface area contributed by atoms with Gasteiger partial charge < -0.3 is 14.8 Å². The summed E-state index contributed by atoms with van der Waals surface area (Å²) in [5.74, 6) is -2.72. The molecule has 0 spiro atoms. The summed E-state index contributed by atoms with van der Waals surface area (Å²) in [4.78, 5) is 23.4. The van der Waals surface area contributed by atoms with Crippen LogP contribution in [0, 0.1) is 11.6 Å². The number of hydrogen-bond acceptors (Lipinski definition) is 4. The van der Waals surface area contributed by atoms with E-state index in [-0.39, 0.29) is 12.1 Å². The van der Waals surface area contributed by atoms with E-state index in [1.54, 1.807) is 24.3 Å². The highest BCUT2D eigenvalue weighted by atomic mass is 19.1. The third-order valence-corrected chi connectivity index (χ3v) is 3.10. The van der Waals surface area contributed by atoms with E-state index in [1.165, 1.54) is 7.11 Å². The zero-order valence-corrected chi connectivity index (χ0v) is 12.8. The molecule has 1 amide bonds. The van der Waals surface area contributed by atoms with Crippen molar-refractivity contribution in [1.82, 2.24) is 5.32 Å². The van der Waals surface area contributed by atoms with Gasteiger partial charge in [0.15, 0.2) is 6.61 Å². The standard InChI is InChI=1S/C17H15F2NO4/c1-23-15-5-3-2-4-11(15)9-20-16(21)10-24-17(22)12-6-13(18)8-14(19)7-12/h2-8H,9-10H2,1H3,(H,20,21). The van der Waals surface area contributed by atoms with Crippen LogP contribution in [0.1, 0.15) is 15.9 Å². The molecule has 2 aromatic rings. The van der Waals surface area contributed by atoms with Gasteiger partial charge in [-0.15, -0.1) is 0 Å². The average molecular weight is 335 g/mol. The molecule has 7 heteroatoms. The smallest absolute Gasteiger partial charge is 0.338 e. The van der Waals surface area contributed by atoms with Gasteiger partial charge in [0, 0.05) is 18.2 Å². The van der Waals surface area contributed by atoms with Gasteiger partial charge in [-0.05, 0) is 18.2 Å². The zero-order chi connectivity index (χ0) is 17.5. The van der Waals surface area contributed by atoms with E-state index in [0.29, 0.717) is 11.8 Å². The number of rotatable bonds is 6. The number of nitrogens with one attached hydrogen (secondary N) is 1. The Morgan fingerprint density at radius 1 is 1.08 bits per heavy atom. The summed E-state index contributed by atoms with van der Waals surface area (Å²) in [6.45, 7) is -0.374. The maximum Gasteiger partial charge on any atom is 0.338 e. The molecule has 5 nitrogen and oxygen atoms in total. The van der Waals surface area contributed by atoms with E-state index in [1.807, 2.05) is 0 Å². The molecule has 0 saturated carbocycles. The number of halogens is 2. The monoisotopic (exact) mass is 335 g/mol. The lowest BCUT2D eigenvalue weighted by molar-refractivity contribution is -0.124. The molecule has 0 heterocycles. The third kappa shape index (κ3) is 4.77. The molecule has 2 aromatic carbocycles. The van der Waals surface area contributed by atoms with Gasteiger partial charge in [-0.2, -0.15) is 0 Å². The van der Waals surface area contributed by atoms with Crippen LogP contribution in [0.5, 0.6) is 5.75 Å². The van der Waals surface area contributed by atoms with Crippen LogP contribution in [0.4, 0.5) is 8.78 Å². The molecule has 0 aliphatic carbocycles. The Hall–Kier alpha value is -2.96. The molecular formula is C17H15F2NO4. The summed E-state index contributed by atoms with van der Waals surface area (Å²) in [6, 6.07) is 9.42. The highest BCUT2D eigenvalue weighted by molar-refractivity contribution is 5.91. The molecule has 0 fully saturated rings. The van der Waals surface area contributed by atoms with Gasteiger partial charge in [-0.25, -0.2) is 13.6 Å². The number of hydrogen-bond donors (Lipinski definition) is 1. The van der Waals surface area contributed by atoms with Crippen LogP contribution in [0.3, 0.4) is 0 Å². The fourth-order valence-corrected chi connectivity index (χ4v) is 1.98. The van der Waals surface area contributed by atoms with E-state index in [0.717, 1.165) is 17.7 Å². The Morgan fingerprint density at radius 3 is 2.42 bits per heavy atom.